The van der Waals surface area contributed by atoms with Gasteiger partial charge in [-0.2, -0.15) is 0 Å². The van der Waals surface area contributed by atoms with E-state index < -0.39 is 6.10 Å². The van der Waals surface area contributed by atoms with Crippen molar-refractivity contribution in [1.29, 1.82) is 0 Å². The van der Waals surface area contributed by atoms with Gasteiger partial charge in [0.05, 0.1) is 0 Å². The molecule has 0 spiro atoms. The van der Waals surface area contributed by atoms with Crippen LogP contribution in [0.2, 0.25) is 0 Å². The Morgan fingerprint density at radius 3 is 0.683 bits per heavy atom. The van der Waals surface area contributed by atoms with E-state index in [1.54, 1.807) is 0 Å². The second kappa shape index (κ2) is 71.1. The van der Waals surface area contributed by atoms with E-state index in [1.165, 1.54) is 302 Å². The second-order valence-electron chi connectivity index (χ2n) is 25.2. The zero-order valence-corrected chi connectivity index (χ0v) is 55.5. The molecule has 6 heteroatoms. The van der Waals surface area contributed by atoms with Gasteiger partial charge >= 0.3 is 17.9 Å². The standard InChI is InChI=1S/C76H142O6/c1-4-7-10-13-16-19-22-25-28-31-33-34-35-36-37-38-39-40-41-42-44-45-48-51-54-57-60-63-66-69-75(78)81-72-73(71-80-74(77)68-65-62-59-56-53-50-47-30-27-24-21-18-15-12-9-6-3)82-76(79)70-67-64-61-58-55-52-49-46-43-32-29-26-23-20-17-14-11-8-5-2/h22,25,31,33,35-36,73H,4-21,23-24,26-30,32,34,37-72H2,1-3H3/b25-22-,33-31-,36-35-. The number of ether oxygens (including phenoxy) is 3. The Kier molecular flexibility index (Phi) is 69.1. The monoisotopic (exact) mass is 1150 g/mol. The molecule has 0 aromatic carbocycles. The first kappa shape index (κ1) is 79.6. The maximum absolute atomic E-state index is 13.0. The molecule has 0 aliphatic rings. The van der Waals surface area contributed by atoms with Crippen LogP contribution in [-0.4, -0.2) is 37.2 Å². The number of carbonyl (C=O) groups is 3. The molecule has 0 rings (SSSR count). The largest absolute Gasteiger partial charge is 0.462 e. The minimum absolute atomic E-state index is 0.0648. The lowest BCUT2D eigenvalue weighted by Crippen LogP contribution is -2.30. The molecular formula is C76H142O6. The molecule has 0 N–H and O–H groups in total. The third kappa shape index (κ3) is 68.4. The van der Waals surface area contributed by atoms with Gasteiger partial charge in [-0.1, -0.05) is 372 Å². The van der Waals surface area contributed by atoms with Crippen molar-refractivity contribution in [3.05, 3.63) is 36.5 Å². The zero-order valence-electron chi connectivity index (χ0n) is 55.5. The quantitative estimate of drug-likeness (QED) is 0.0261. The summed E-state index contributed by atoms with van der Waals surface area (Å²) in [7, 11) is 0. The highest BCUT2D eigenvalue weighted by Crippen LogP contribution is 2.19. The van der Waals surface area contributed by atoms with E-state index in [2.05, 4.69) is 57.2 Å². The average Bonchev–Trinajstić information content (AvgIpc) is 3.47. The summed E-state index contributed by atoms with van der Waals surface area (Å²) < 4.78 is 17.0. The molecular weight excluding hydrogens is 1010 g/mol. The van der Waals surface area contributed by atoms with E-state index in [0.29, 0.717) is 19.3 Å². The predicted octanol–water partition coefficient (Wildman–Crippen LogP) is 25.5. The maximum Gasteiger partial charge on any atom is 0.306 e. The molecule has 0 aromatic rings. The van der Waals surface area contributed by atoms with Gasteiger partial charge in [-0.3, -0.25) is 14.4 Å². The Labute approximate surface area is 512 Å². The summed E-state index contributed by atoms with van der Waals surface area (Å²) in [6.45, 7) is 6.72. The van der Waals surface area contributed by atoms with Gasteiger partial charge in [-0.05, 0) is 57.8 Å². The highest BCUT2D eigenvalue weighted by atomic mass is 16.6. The Balaban J connectivity index is 4.23. The summed E-state index contributed by atoms with van der Waals surface area (Å²) in [5.41, 5.74) is 0. The summed E-state index contributed by atoms with van der Waals surface area (Å²) in [6, 6.07) is 0. The van der Waals surface area contributed by atoms with Crippen LogP contribution in [0.15, 0.2) is 36.5 Å². The predicted molar refractivity (Wildman–Crippen MR) is 358 cm³/mol. The van der Waals surface area contributed by atoms with Gasteiger partial charge in [0.25, 0.3) is 0 Å². The lowest BCUT2D eigenvalue weighted by atomic mass is 10.0. The van der Waals surface area contributed by atoms with E-state index in [9.17, 15) is 14.4 Å². The summed E-state index contributed by atoms with van der Waals surface area (Å²) in [5, 5.41) is 0. The molecule has 0 aliphatic carbocycles. The second-order valence-corrected chi connectivity index (χ2v) is 25.2. The van der Waals surface area contributed by atoms with Crippen LogP contribution < -0.4 is 0 Å². The van der Waals surface area contributed by atoms with E-state index in [1.807, 2.05) is 0 Å². The molecule has 0 radical (unpaired) electrons. The van der Waals surface area contributed by atoms with E-state index in [4.69, 9.17) is 14.2 Å². The molecule has 6 nitrogen and oxygen atoms in total. The molecule has 0 amide bonds. The molecule has 1 atom stereocenters. The topological polar surface area (TPSA) is 78.9 Å². The molecule has 82 heavy (non-hydrogen) atoms. The fourth-order valence-corrected chi connectivity index (χ4v) is 11.3. The maximum atomic E-state index is 13.0. The van der Waals surface area contributed by atoms with E-state index in [0.717, 1.165) is 70.6 Å². The van der Waals surface area contributed by atoms with Crippen LogP contribution in [0, 0.1) is 0 Å². The van der Waals surface area contributed by atoms with E-state index >= 15 is 0 Å². The highest BCUT2D eigenvalue weighted by Gasteiger charge is 2.20. The third-order valence-electron chi connectivity index (χ3n) is 16.9. The fourth-order valence-electron chi connectivity index (χ4n) is 11.3. The average molecular weight is 1150 g/mol. The van der Waals surface area contributed by atoms with Crippen molar-refractivity contribution in [2.45, 2.75) is 419 Å². The van der Waals surface area contributed by atoms with Crippen molar-refractivity contribution >= 4 is 17.9 Å². The normalized spacial score (nSPS) is 12.2. The number of allylic oxidation sites excluding steroid dienone is 6. The lowest BCUT2D eigenvalue weighted by Gasteiger charge is -2.18. The van der Waals surface area contributed by atoms with Crippen molar-refractivity contribution < 1.29 is 28.6 Å². The summed E-state index contributed by atoms with van der Waals surface area (Å²) >= 11 is 0. The summed E-state index contributed by atoms with van der Waals surface area (Å²) in [5.74, 6) is -0.830. The molecule has 0 heterocycles. The van der Waals surface area contributed by atoms with Gasteiger partial charge in [-0.15, -0.1) is 0 Å². The molecule has 0 aromatic heterocycles. The number of rotatable bonds is 69. The lowest BCUT2D eigenvalue weighted by molar-refractivity contribution is -0.167. The minimum Gasteiger partial charge on any atom is -0.462 e. The Hall–Kier alpha value is -2.37. The van der Waals surface area contributed by atoms with Crippen molar-refractivity contribution in [3.8, 4) is 0 Å². The SMILES string of the molecule is CCCCCCC/C=C\C/C=C\C/C=C\CCCCCCCCCCCCCCCCC(=O)OCC(COC(=O)CCCCCCCCCCCCCCCCCC)OC(=O)CCCCCCCCCCCCCCCCCCCCC. The van der Waals surface area contributed by atoms with E-state index in [-0.39, 0.29) is 31.1 Å². The molecule has 0 aliphatic heterocycles. The molecule has 0 saturated heterocycles. The van der Waals surface area contributed by atoms with Gasteiger partial charge in [0, 0.05) is 19.3 Å². The zero-order chi connectivity index (χ0) is 59.2. The van der Waals surface area contributed by atoms with Gasteiger partial charge < -0.3 is 14.2 Å². The van der Waals surface area contributed by atoms with Crippen LogP contribution in [0.4, 0.5) is 0 Å². The van der Waals surface area contributed by atoms with Crippen LogP contribution in [-0.2, 0) is 28.6 Å². The van der Waals surface area contributed by atoms with Crippen LogP contribution >= 0.6 is 0 Å². The summed E-state index contributed by atoms with van der Waals surface area (Å²) in [6.07, 6.45) is 88.9. The number of hydrogen-bond donors (Lipinski definition) is 0. The Morgan fingerprint density at radius 2 is 0.439 bits per heavy atom. The smallest absolute Gasteiger partial charge is 0.306 e. The van der Waals surface area contributed by atoms with Crippen LogP contribution in [0.3, 0.4) is 0 Å². The molecule has 0 fully saturated rings. The number of esters is 3. The first-order valence-corrected chi connectivity index (χ1v) is 37.0. The minimum atomic E-state index is -0.769. The van der Waals surface area contributed by atoms with Gasteiger partial charge in [0.2, 0.25) is 0 Å². The Bertz CT molecular complexity index is 1370. The third-order valence-corrected chi connectivity index (χ3v) is 16.9. The van der Waals surface area contributed by atoms with Crippen molar-refractivity contribution in [3.63, 3.8) is 0 Å². The van der Waals surface area contributed by atoms with Crippen molar-refractivity contribution in [2.75, 3.05) is 13.2 Å². The molecule has 482 valence electrons. The van der Waals surface area contributed by atoms with Gasteiger partial charge in [0.1, 0.15) is 13.2 Å². The first-order chi connectivity index (χ1) is 40.5. The molecule has 1 unspecified atom stereocenters. The summed E-state index contributed by atoms with van der Waals surface area (Å²) in [4.78, 5) is 38.5. The van der Waals surface area contributed by atoms with Crippen LogP contribution in [0.25, 0.3) is 0 Å². The number of hydrogen-bond acceptors (Lipinski definition) is 6. The number of carbonyl (C=O) groups excluding carboxylic acids is 3. The number of unbranched alkanes of at least 4 members (excludes halogenated alkanes) is 52. The highest BCUT2D eigenvalue weighted by molar-refractivity contribution is 5.71. The van der Waals surface area contributed by atoms with Gasteiger partial charge in [-0.25, -0.2) is 0 Å². The Morgan fingerprint density at radius 1 is 0.244 bits per heavy atom. The van der Waals surface area contributed by atoms with Crippen molar-refractivity contribution in [2.24, 2.45) is 0 Å². The molecule has 0 bridgehead atoms. The fraction of sp³-hybridized carbons (Fsp3) is 0.882. The van der Waals surface area contributed by atoms with Crippen LogP contribution in [0.5, 0.6) is 0 Å². The molecule has 0 saturated carbocycles. The van der Waals surface area contributed by atoms with Crippen LogP contribution in [0.1, 0.15) is 412 Å². The van der Waals surface area contributed by atoms with Gasteiger partial charge in [0.15, 0.2) is 6.10 Å². The first-order valence-electron chi connectivity index (χ1n) is 37.0. The van der Waals surface area contributed by atoms with Crippen molar-refractivity contribution in [1.82, 2.24) is 0 Å².